The molecule has 1 atom stereocenters. The van der Waals surface area contributed by atoms with Gasteiger partial charge >= 0.3 is 0 Å². The summed E-state index contributed by atoms with van der Waals surface area (Å²) in [5.74, 6) is 0.204. The number of anilines is 2. The monoisotopic (exact) mass is 486 g/mol. The predicted octanol–water partition coefficient (Wildman–Crippen LogP) is 7.55. The van der Waals surface area contributed by atoms with Crippen molar-refractivity contribution in [2.45, 2.75) is 62.5 Å². The Hall–Kier alpha value is -3.05. The van der Waals surface area contributed by atoms with E-state index in [1.54, 1.807) is 0 Å². The normalized spacial score (nSPS) is 14.8. The molecule has 4 rings (SSSR count). The second-order valence-corrected chi connectivity index (χ2v) is 10.4. The lowest BCUT2D eigenvalue weighted by Crippen LogP contribution is -2.24. The van der Waals surface area contributed by atoms with Crippen molar-refractivity contribution in [3.63, 3.8) is 0 Å². The van der Waals surface area contributed by atoms with Gasteiger partial charge in [-0.25, -0.2) is 0 Å². The summed E-state index contributed by atoms with van der Waals surface area (Å²) in [4.78, 5) is 27.1. The summed E-state index contributed by atoms with van der Waals surface area (Å²) >= 11 is 1.52. The van der Waals surface area contributed by atoms with Crippen molar-refractivity contribution < 1.29 is 9.59 Å². The van der Waals surface area contributed by atoms with Gasteiger partial charge in [-0.3, -0.25) is 9.59 Å². The highest BCUT2D eigenvalue weighted by Crippen LogP contribution is 2.37. The number of hydrogen-bond acceptors (Lipinski definition) is 3. The second-order valence-electron chi connectivity index (χ2n) is 9.21. The summed E-state index contributed by atoms with van der Waals surface area (Å²) in [6.45, 7) is 4.13. The minimum atomic E-state index is -0.400. The third-order valence-electron chi connectivity index (χ3n) is 6.68. The molecule has 1 aliphatic carbocycles. The zero-order valence-corrected chi connectivity index (χ0v) is 21.4. The zero-order valence-electron chi connectivity index (χ0n) is 20.6. The maximum atomic E-state index is 13.5. The Kier molecular flexibility index (Phi) is 8.64. The molecule has 0 bridgehead atoms. The molecule has 0 heterocycles. The Labute approximate surface area is 212 Å². The van der Waals surface area contributed by atoms with Gasteiger partial charge in [0.2, 0.25) is 11.8 Å². The van der Waals surface area contributed by atoms with Gasteiger partial charge in [0.1, 0.15) is 5.25 Å². The highest BCUT2D eigenvalue weighted by Gasteiger charge is 2.24. The Morgan fingerprint density at radius 1 is 0.886 bits per heavy atom. The first-order valence-corrected chi connectivity index (χ1v) is 13.4. The minimum absolute atomic E-state index is 0.0418. The first kappa shape index (κ1) is 25.1. The van der Waals surface area contributed by atoms with E-state index in [1.165, 1.54) is 18.2 Å². The standard InChI is InChI=1S/C30H34N2O2S/c1-3-22-16-10-11-21(2)27(22)32-30(34)28(23-12-6-4-7-13-23)35-26-19-17-25(18-20-26)31-29(33)24-14-8-5-9-15-24/h4,6-7,10-13,16-20,24,28H,3,5,8-9,14-15H2,1-2H3,(H,31,33)(H,32,34). The Balaban J connectivity index is 1.49. The van der Waals surface area contributed by atoms with E-state index in [-0.39, 0.29) is 17.7 Å². The molecule has 5 heteroatoms. The van der Waals surface area contributed by atoms with Crippen molar-refractivity contribution in [1.29, 1.82) is 0 Å². The van der Waals surface area contributed by atoms with E-state index in [0.29, 0.717) is 0 Å². The van der Waals surface area contributed by atoms with Crippen LogP contribution < -0.4 is 10.6 Å². The van der Waals surface area contributed by atoms with Gasteiger partial charge in [-0.2, -0.15) is 0 Å². The Morgan fingerprint density at radius 3 is 2.29 bits per heavy atom. The van der Waals surface area contributed by atoms with Crippen LogP contribution in [0.3, 0.4) is 0 Å². The first-order valence-electron chi connectivity index (χ1n) is 12.6. The highest BCUT2D eigenvalue weighted by atomic mass is 32.2. The second kappa shape index (κ2) is 12.1. The van der Waals surface area contributed by atoms with Crippen molar-refractivity contribution >= 4 is 35.0 Å². The van der Waals surface area contributed by atoms with Gasteiger partial charge in [-0.1, -0.05) is 74.7 Å². The van der Waals surface area contributed by atoms with Crippen LogP contribution in [0.4, 0.5) is 11.4 Å². The molecule has 1 fully saturated rings. The van der Waals surface area contributed by atoms with Gasteiger partial charge in [-0.15, -0.1) is 11.8 Å². The number of benzene rings is 3. The quantitative estimate of drug-likeness (QED) is 0.323. The zero-order chi connectivity index (χ0) is 24.6. The van der Waals surface area contributed by atoms with E-state index in [1.807, 2.05) is 73.7 Å². The van der Waals surface area contributed by atoms with Crippen LogP contribution in [-0.4, -0.2) is 11.8 Å². The third-order valence-corrected chi connectivity index (χ3v) is 7.95. The Bertz CT molecular complexity index is 1140. The number of carbonyl (C=O) groups is 2. The van der Waals surface area contributed by atoms with Crippen molar-refractivity contribution in [1.82, 2.24) is 0 Å². The fraction of sp³-hybridized carbons (Fsp3) is 0.333. The van der Waals surface area contributed by atoms with Crippen molar-refractivity contribution in [3.8, 4) is 0 Å². The molecule has 1 aliphatic rings. The Morgan fingerprint density at radius 2 is 1.60 bits per heavy atom. The summed E-state index contributed by atoms with van der Waals surface area (Å²) < 4.78 is 0. The number of aryl methyl sites for hydroxylation is 2. The predicted molar refractivity (Wildman–Crippen MR) is 146 cm³/mol. The average Bonchev–Trinajstić information content (AvgIpc) is 2.90. The molecule has 2 N–H and O–H groups in total. The topological polar surface area (TPSA) is 58.2 Å². The maximum absolute atomic E-state index is 13.5. The summed E-state index contributed by atoms with van der Waals surface area (Å²) in [5.41, 5.74) is 4.86. The molecule has 0 saturated heterocycles. The molecule has 4 nitrogen and oxygen atoms in total. The molecule has 0 aromatic heterocycles. The summed E-state index contributed by atoms with van der Waals surface area (Å²) in [7, 11) is 0. The molecule has 1 saturated carbocycles. The van der Waals surface area contributed by atoms with Gasteiger partial charge in [0.15, 0.2) is 0 Å². The molecular formula is C30H34N2O2S. The number of nitrogens with one attached hydrogen (secondary N) is 2. The first-order chi connectivity index (χ1) is 17.0. The van der Waals surface area contributed by atoms with Crippen LogP contribution >= 0.6 is 11.8 Å². The van der Waals surface area contributed by atoms with E-state index >= 15 is 0 Å². The molecule has 1 unspecified atom stereocenters. The van der Waals surface area contributed by atoms with E-state index in [0.717, 1.165) is 65.1 Å². The van der Waals surface area contributed by atoms with Crippen molar-refractivity contribution in [3.05, 3.63) is 89.5 Å². The van der Waals surface area contributed by atoms with Crippen LogP contribution in [0, 0.1) is 12.8 Å². The molecule has 3 aromatic carbocycles. The van der Waals surface area contributed by atoms with Crippen LogP contribution in [0.5, 0.6) is 0 Å². The number of amides is 2. The number of hydrogen-bond donors (Lipinski definition) is 2. The lowest BCUT2D eigenvalue weighted by molar-refractivity contribution is -0.120. The van der Waals surface area contributed by atoms with Crippen molar-refractivity contribution in [2.75, 3.05) is 10.6 Å². The molecular weight excluding hydrogens is 452 g/mol. The fourth-order valence-corrected chi connectivity index (χ4v) is 5.68. The highest BCUT2D eigenvalue weighted by molar-refractivity contribution is 8.00. The van der Waals surface area contributed by atoms with Crippen LogP contribution in [0.25, 0.3) is 0 Å². The minimum Gasteiger partial charge on any atom is -0.326 e. The molecule has 3 aromatic rings. The molecule has 35 heavy (non-hydrogen) atoms. The number of rotatable bonds is 8. The summed E-state index contributed by atoms with van der Waals surface area (Å²) in [5, 5.41) is 5.88. The lowest BCUT2D eigenvalue weighted by Gasteiger charge is -2.21. The number of para-hydroxylation sites is 1. The maximum Gasteiger partial charge on any atom is 0.242 e. The van der Waals surface area contributed by atoms with E-state index < -0.39 is 5.25 Å². The largest absolute Gasteiger partial charge is 0.326 e. The van der Waals surface area contributed by atoms with E-state index in [9.17, 15) is 9.59 Å². The average molecular weight is 487 g/mol. The third kappa shape index (κ3) is 6.55. The van der Waals surface area contributed by atoms with Crippen molar-refractivity contribution in [2.24, 2.45) is 5.92 Å². The van der Waals surface area contributed by atoms with Gasteiger partial charge in [0, 0.05) is 22.2 Å². The van der Waals surface area contributed by atoms with Crippen LogP contribution in [0.15, 0.2) is 77.7 Å². The molecule has 2 amide bonds. The number of thioether (sulfide) groups is 1. The molecule has 0 spiro atoms. The lowest BCUT2D eigenvalue weighted by atomic mass is 9.88. The van der Waals surface area contributed by atoms with Crippen LogP contribution in [0.2, 0.25) is 0 Å². The molecule has 0 radical (unpaired) electrons. The van der Waals surface area contributed by atoms with Crippen LogP contribution in [0.1, 0.15) is 61.0 Å². The molecule has 182 valence electrons. The van der Waals surface area contributed by atoms with Crippen LogP contribution in [-0.2, 0) is 16.0 Å². The van der Waals surface area contributed by atoms with Gasteiger partial charge in [-0.05, 0) is 67.1 Å². The smallest absolute Gasteiger partial charge is 0.242 e. The SMILES string of the molecule is CCc1cccc(C)c1NC(=O)C(Sc1ccc(NC(=O)C2CCCCC2)cc1)c1ccccc1. The summed E-state index contributed by atoms with van der Waals surface area (Å²) in [6, 6.07) is 23.8. The van der Waals surface area contributed by atoms with Gasteiger partial charge in [0.05, 0.1) is 0 Å². The number of carbonyl (C=O) groups excluding carboxylic acids is 2. The van der Waals surface area contributed by atoms with Gasteiger partial charge in [0.25, 0.3) is 0 Å². The summed E-state index contributed by atoms with van der Waals surface area (Å²) in [6.07, 6.45) is 6.32. The van der Waals surface area contributed by atoms with E-state index in [2.05, 4.69) is 23.6 Å². The van der Waals surface area contributed by atoms with E-state index in [4.69, 9.17) is 0 Å². The van der Waals surface area contributed by atoms with Gasteiger partial charge < -0.3 is 10.6 Å². The fourth-order valence-electron chi connectivity index (χ4n) is 4.65. The molecule has 0 aliphatic heterocycles.